The summed E-state index contributed by atoms with van der Waals surface area (Å²) in [4.78, 5) is 66.9. The monoisotopic (exact) mass is 1190 g/mol. The van der Waals surface area contributed by atoms with E-state index in [4.69, 9.17) is 95.4 Å². The van der Waals surface area contributed by atoms with Crippen LogP contribution < -0.4 is 0 Å². The lowest BCUT2D eigenvalue weighted by atomic mass is 9.62. The standard InChI is InChI=1S/C25H29Cl4NO3.C19H25Cl2NO3.C13H22ClNO3/c1-5-10-24(11-12-30(15-24)22(31)33-23(2,3)4)25(32,16-6-8-18(26)20(28)13-16)17-7-9-19(27)21(29)14-17;1-5-8-19(16(23)13-6-7-14(20)15(21)11-13)9-10-22(12-19)17(24)25-18(2,3)4;1-5-6-13(10(14)16)7-8-15(9-13)11(17)18-12(2,3)4/h6-9,13-14,32H,5,10-12,15H2,1-4H3;6-7,11H,5,8-10,12H2,1-4H3;5-9H2,1-4H3/t24-;19-;13-/m000/s1. The van der Waals surface area contributed by atoms with Gasteiger partial charge in [-0.25, -0.2) is 14.4 Å². The van der Waals surface area contributed by atoms with Gasteiger partial charge in [0.1, 0.15) is 22.4 Å². The van der Waals surface area contributed by atoms with Crippen LogP contribution in [0.5, 0.6) is 0 Å². The normalized spacial score (nSPS) is 20.8. The smallest absolute Gasteiger partial charge is 0.410 e. The molecule has 0 bridgehead atoms. The van der Waals surface area contributed by atoms with Crippen molar-refractivity contribution in [2.24, 2.45) is 16.2 Å². The molecule has 0 saturated carbocycles. The molecule has 1 N–H and O–H groups in total. The van der Waals surface area contributed by atoms with E-state index < -0.39 is 44.7 Å². The molecule has 3 heterocycles. The maximum Gasteiger partial charge on any atom is 0.410 e. The summed E-state index contributed by atoms with van der Waals surface area (Å²) < 4.78 is 16.4. The van der Waals surface area contributed by atoms with Crippen molar-refractivity contribution in [2.45, 2.75) is 163 Å². The van der Waals surface area contributed by atoms with Crippen LogP contribution in [0.25, 0.3) is 0 Å². The Morgan fingerprint density at radius 2 is 0.855 bits per heavy atom. The number of halogens is 7. The molecule has 3 aliphatic rings. The number of likely N-dealkylation sites (tertiary alicyclic amines) is 3. The first-order chi connectivity index (χ1) is 35.1. The number of rotatable bonds is 12. The molecule has 3 aliphatic heterocycles. The van der Waals surface area contributed by atoms with Crippen LogP contribution in [0.2, 0.25) is 30.1 Å². The number of benzene rings is 3. The lowest BCUT2D eigenvalue weighted by Gasteiger charge is -2.46. The van der Waals surface area contributed by atoms with Crippen LogP contribution in [0.3, 0.4) is 0 Å². The van der Waals surface area contributed by atoms with E-state index in [1.165, 1.54) is 0 Å². The van der Waals surface area contributed by atoms with Gasteiger partial charge in [-0.2, -0.15) is 0 Å². The molecular weight excluding hydrogens is 1120 g/mol. The van der Waals surface area contributed by atoms with Crippen molar-refractivity contribution in [3.63, 3.8) is 0 Å². The highest BCUT2D eigenvalue weighted by Gasteiger charge is 2.57. The molecule has 3 atom stereocenters. The van der Waals surface area contributed by atoms with Crippen LogP contribution in [0.15, 0.2) is 54.6 Å². The maximum absolute atomic E-state index is 13.2. The average molecular weight is 1200 g/mol. The van der Waals surface area contributed by atoms with E-state index in [1.807, 2.05) is 76.2 Å². The molecule has 3 amide bonds. The fourth-order valence-electron chi connectivity index (χ4n) is 10.3. The second kappa shape index (κ2) is 26.4. The molecular formula is C57H76Cl7N3O9. The van der Waals surface area contributed by atoms with E-state index in [1.54, 1.807) is 69.3 Å². The maximum atomic E-state index is 13.2. The Hall–Kier alpha value is -3.20. The third-order valence-electron chi connectivity index (χ3n) is 13.7. The molecule has 0 aromatic heterocycles. The van der Waals surface area contributed by atoms with Gasteiger partial charge >= 0.3 is 18.3 Å². The summed E-state index contributed by atoms with van der Waals surface area (Å²) in [7, 11) is 0. The van der Waals surface area contributed by atoms with E-state index in [2.05, 4.69) is 6.92 Å². The molecule has 6 rings (SSSR count). The molecule has 0 radical (unpaired) electrons. The van der Waals surface area contributed by atoms with E-state index >= 15 is 0 Å². The highest BCUT2D eigenvalue weighted by Crippen LogP contribution is 2.55. The van der Waals surface area contributed by atoms with Crippen LogP contribution >= 0.6 is 81.2 Å². The largest absolute Gasteiger partial charge is 0.444 e. The number of aliphatic hydroxyl groups is 1. The second-order valence-corrected chi connectivity index (χ2v) is 26.0. The Morgan fingerprint density at radius 1 is 0.500 bits per heavy atom. The van der Waals surface area contributed by atoms with Crippen LogP contribution in [-0.2, 0) is 24.6 Å². The fourth-order valence-corrected chi connectivity index (χ4v) is 11.5. The van der Waals surface area contributed by atoms with Gasteiger partial charge in [-0.15, -0.1) is 0 Å². The Labute approximate surface area is 485 Å². The number of hydrogen-bond acceptors (Lipinski definition) is 9. The first kappa shape index (κ1) is 65.3. The van der Waals surface area contributed by atoms with Gasteiger partial charge in [0.15, 0.2) is 5.78 Å². The Morgan fingerprint density at radius 3 is 1.24 bits per heavy atom. The van der Waals surface area contributed by atoms with Crippen LogP contribution in [0, 0.1) is 16.2 Å². The molecule has 3 saturated heterocycles. The SMILES string of the molecule is CCC[C@]1(C(=O)Cl)CCN(C(=O)OC(C)(C)C)C1.CCC[C@]1(C(=O)c2ccc(Cl)c(Cl)c2)CCN(C(=O)OC(C)(C)C)C1.CCC[C@]1(C(O)(c2ccc(Cl)c(Cl)c2)c2ccc(Cl)c(Cl)c2)CCN(C(=O)OC(C)(C)C)C1. The number of ketones is 1. The lowest BCUT2D eigenvalue weighted by molar-refractivity contribution is -0.120. The first-order valence-electron chi connectivity index (χ1n) is 25.9. The topological polar surface area (TPSA) is 143 Å². The van der Waals surface area contributed by atoms with Gasteiger partial charge in [0.2, 0.25) is 5.24 Å². The van der Waals surface area contributed by atoms with Crippen molar-refractivity contribution >= 4 is 111 Å². The van der Waals surface area contributed by atoms with E-state index in [0.29, 0.717) is 125 Å². The Balaban J connectivity index is 0.000000258. The van der Waals surface area contributed by atoms with E-state index in [9.17, 15) is 29.1 Å². The molecule has 3 fully saturated rings. The number of carbonyl (C=O) groups excluding carboxylic acids is 5. The zero-order chi connectivity index (χ0) is 57.4. The predicted molar refractivity (Wildman–Crippen MR) is 307 cm³/mol. The van der Waals surface area contributed by atoms with Crippen molar-refractivity contribution in [3.8, 4) is 0 Å². The predicted octanol–water partition coefficient (Wildman–Crippen LogP) is 16.7. The molecule has 3 aromatic rings. The fraction of sp³-hybridized carbons (Fsp3) is 0.596. The quantitative estimate of drug-likeness (QED) is 0.106. The summed E-state index contributed by atoms with van der Waals surface area (Å²) in [6.07, 6.45) is 5.31. The average Bonchev–Trinajstić information content (AvgIpc) is 4.08. The number of Topliss-reactive ketones (excluding diaryl/α,β-unsaturated/α-hetero) is 1. The minimum atomic E-state index is -1.51. The van der Waals surface area contributed by atoms with Gasteiger partial charge in [-0.1, -0.05) is 122 Å². The van der Waals surface area contributed by atoms with Gasteiger partial charge in [0.05, 0.1) is 41.0 Å². The van der Waals surface area contributed by atoms with Crippen LogP contribution in [0.4, 0.5) is 14.4 Å². The van der Waals surface area contributed by atoms with Gasteiger partial charge in [-0.3, -0.25) is 9.59 Å². The summed E-state index contributed by atoms with van der Waals surface area (Å²) in [5.74, 6) is 0.0129. The number of amides is 3. The molecule has 422 valence electrons. The van der Waals surface area contributed by atoms with E-state index in [0.717, 1.165) is 19.3 Å². The number of hydrogen-bond donors (Lipinski definition) is 1. The molecule has 12 nitrogen and oxygen atoms in total. The number of carbonyl (C=O) groups is 5. The highest BCUT2D eigenvalue weighted by atomic mass is 35.5. The molecule has 76 heavy (non-hydrogen) atoms. The third kappa shape index (κ3) is 16.5. The molecule has 0 aliphatic carbocycles. The van der Waals surface area contributed by atoms with E-state index in [-0.39, 0.29) is 23.2 Å². The Bertz CT molecular complexity index is 2510. The van der Waals surface area contributed by atoms with Crippen LogP contribution in [-0.4, -0.2) is 105 Å². The van der Waals surface area contributed by atoms with Crippen molar-refractivity contribution < 1.29 is 43.3 Å². The summed E-state index contributed by atoms with van der Waals surface area (Å²) >= 11 is 42.8. The third-order valence-corrected chi connectivity index (χ3v) is 16.3. The highest BCUT2D eigenvalue weighted by molar-refractivity contribution is 6.64. The van der Waals surface area contributed by atoms with Crippen molar-refractivity contribution in [3.05, 3.63) is 101 Å². The van der Waals surface area contributed by atoms with Crippen molar-refractivity contribution in [1.29, 1.82) is 0 Å². The zero-order valence-electron chi connectivity index (χ0n) is 46.0. The number of nitrogens with zero attached hydrogens (tertiary/aromatic N) is 3. The first-order valence-corrected chi connectivity index (χ1v) is 28.5. The second-order valence-electron chi connectivity index (χ2n) is 23.2. The Kier molecular flexibility index (Phi) is 22.7. The summed E-state index contributed by atoms with van der Waals surface area (Å²) in [6.45, 7) is 25.2. The summed E-state index contributed by atoms with van der Waals surface area (Å²) in [5, 5.41) is 14.5. The molecule has 19 heteroatoms. The van der Waals surface area contributed by atoms with Gasteiger partial charge in [-0.05, 0) is 166 Å². The van der Waals surface area contributed by atoms with Crippen molar-refractivity contribution in [1.82, 2.24) is 14.7 Å². The lowest BCUT2D eigenvalue weighted by Crippen LogP contribution is -2.49. The van der Waals surface area contributed by atoms with Gasteiger partial charge in [0, 0.05) is 50.2 Å². The molecule has 0 spiro atoms. The summed E-state index contributed by atoms with van der Waals surface area (Å²) in [6, 6.07) is 15.2. The minimum Gasteiger partial charge on any atom is -0.444 e. The minimum absolute atomic E-state index is 0.0129. The summed E-state index contributed by atoms with van der Waals surface area (Å²) in [5.41, 5.74) is -3.39. The van der Waals surface area contributed by atoms with Crippen LogP contribution in [0.1, 0.15) is 162 Å². The number of ether oxygens (including phenoxy) is 3. The molecule has 0 unspecified atom stereocenters. The van der Waals surface area contributed by atoms with Gasteiger partial charge < -0.3 is 34.0 Å². The van der Waals surface area contributed by atoms with Gasteiger partial charge in [0.25, 0.3) is 0 Å². The zero-order valence-corrected chi connectivity index (χ0v) is 51.3. The van der Waals surface area contributed by atoms with Crippen molar-refractivity contribution in [2.75, 3.05) is 39.3 Å². The molecule has 3 aromatic carbocycles.